The number of ether oxygens (including phenoxy) is 2. The van der Waals surface area contributed by atoms with Gasteiger partial charge >= 0.3 is 7.82 Å². The van der Waals surface area contributed by atoms with Gasteiger partial charge in [0.25, 0.3) is 0 Å². The second kappa shape index (κ2) is 13.9. The van der Waals surface area contributed by atoms with Crippen LogP contribution in [0.2, 0.25) is 0 Å². The topological polar surface area (TPSA) is 137 Å². The molecule has 0 aliphatic rings. The lowest BCUT2D eigenvalue weighted by Crippen LogP contribution is -2.13. The Morgan fingerprint density at radius 2 is 1.91 bits per heavy atom. The summed E-state index contributed by atoms with van der Waals surface area (Å²) in [6.07, 6.45) is 7.49. The minimum absolute atomic E-state index is 0.0198. The Bertz CT molecular complexity index is 1670. The van der Waals surface area contributed by atoms with Crippen molar-refractivity contribution >= 4 is 30.5 Å². The number of amides is 1. The number of methoxy groups -OCH3 is 2. The fourth-order valence-electron chi connectivity index (χ4n) is 4.43. The number of benzene rings is 1. The molecule has 43 heavy (non-hydrogen) atoms. The Labute approximate surface area is 250 Å². The number of hydrogen-bond donors (Lipinski definition) is 2. The van der Waals surface area contributed by atoms with Gasteiger partial charge in [0.1, 0.15) is 17.6 Å². The number of hydrogen-bond acceptors (Lipinski definition) is 9. The molecule has 0 bridgehead atoms. The van der Waals surface area contributed by atoms with Crippen LogP contribution in [0.4, 0.5) is 5.69 Å². The maximum absolute atomic E-state index is 12.5. The molecule has 0 saturated carbocycles. The number of nitrogens with zero attached hydrogens (tertiary/aromatic N) is 4. The van der Waals surface area contributed by atoms with Gasteiger partial charge in [0.2, 0.25) is 11.8 Å². The number of aromatic nitrogens is 3. The van der Waals surface area contributed by atoms with Crippen LogP contribution in [0.25, 0.3) is 33.3 Å². The Hall–Kier alpha value is -4.06. The largest absolute Gasteiger partial charge is 0.497 e. The van der Waals surface area contributed by atoms with E-state index in [9.17, 15) is 14.3 Å². The summed E-state index contributed by atoms with van der Waals surface area (Å²) >= 11 is 0. The van der Waals surface area contributed by atoms with E-state index in [1.165, 1.54) is 13.2 Å². The molecule has 13 heteroatoms. The van der Waals surface area contributed by atoms with E-state index in [-0.39, 0.29) is 12.5 Å². The van der Waals surface area contributed by atoms with Crippen molar-refractivity contribution in [1.29, 1.82) is 0 Å². The number of carbonyl (C=O) groups excluding carboxylic acids is 1. The SMILES string of the molecule is CCOP(=O)(O)OC(C)n1cc(-c2ccnc(OC)c2)c2cc(-c3cc(NC(=O)C=CCN(C)C)cc(OC)c3)cnc21. The summed E-state index contributed by atoms with van der Waals surface area (Å²) in [5.74, 6) is 0.720. The van der Waals surface area contributed by atoms with E-state index in [0.717, 1.165) is 27.6 Å². The maximum Gasteiger partial charge on any atom is 0.474 e. The fourth-order valence-corrected chi connectivity index (χ4v) is 5.31. The third-order valence-corrected chi connectivity index (χ3v) is 7.53. The number of likely N-dealkylation sites (N-methyl/N-ethyl adjacent to an activating group) is 1. The number of anilines is 1. The predicted molar refractivity (Wildman–Crippen MR) is 165 cm³/mol. The molecule has 2 N–H and O–H groups in total. The van der Waals surface area contributed by atoms with Crippen LogP contribution in [-0.2, 0) is 18.4 Å². The Kier molecular flexibility index (Phi) is 10.3. The summed E-state index contributed by atoms with van der Waals surface area (Å²) < 4.78 is 35.2. The number of rotatable bonds is 13. The predicted octanol–water partition coefficient (Wildman–Crippen LogP) is 5.51. The van der Waals surface area contributed by atoms with E-state index in [4.69, 9.17) is 23.5 Å². The van der Waals surface area contributed by atoms with Gasteiger partial charge in [-0.3, -0.25) is 13.8 Å². The third-order valence-electron chi connectivity index (χ3n) is 6.38. The number of pyridine rings is 2. The zero-order chi connectivity index (χ0) is 31.1. The van der Waals surface area contributed by atoms with E-state index in [1.54, 1.807) is 62.3 Å². The molecule has 0 saturated heterocycles. The standard InChI is InChI=1S/C30H36N5O7P/c1-7-41-43(37,38)42-20(2)35-19-27(21-10-11-31-29(16-21)40-6)26-15-23(18-32-30(26)35)22-13-24(17-25(14-22)39-5)33-28(36)9-8-12-34(3)4/h8-11,13-20H,7,12H2,1-6H3,(H,33,36)(H,37,38). The van der Waals surface area contributed by atoms with E-state index in [1.807, 2.05) is 43.3 Å². The van der Waals surface area contributed by atoms with Gasteiger partial charge in [-0.05, 0) is 63.3 Å². The molecule has 2 unspecified atom stereocenters. The molecule has 1 aromatic carbocycles. The summed E-state index contributed by atoms with van der Waals surface area (Å²) in [6, 6.07) is 11.0. The van der Waals surface area contributed by atoms with Gasteiger partial charge in [-0.15, -0.1) is 0 Å². The van der Waals surface area contributed by atoms with Crippen molar-refractivity contribution in [3.05, 3.63) is 67.1 Å². The van der Waals surface area contributed by atoms with E-state index >= 15 is 0 Å². The lowest BCUT2D eigenvalue weighted by Gasteiger charge is -2.18. The normalized spacial score (nSPS) is 13.8. The third kappa shape index (κ3) is 8.07. The van der Waals surface area contributed by atoms with Crippen molar-refractivity contribution in [1.82, 2.24) is 19.4 Å². The van der Waals surface area contributed by atoms with Crippen LogP contribution in [0.1, 0.15) is 20.1 Å². The maximum atomic E-state index is 12.5. The van der Waals surface area contributed by atoms with E-state index in [2.05, 4.69) is 10.3 Å². The quantitative estimate of drug-likeness (QED) is 0.147. The summed E-state index contributed by atoms with van der Waals surface area (Å²) in [5.41, 5.74) is 4.14. The molecule has 0 radical (unpaired) electrons. The smallest absolute Gasteiger partial charge is 0.474 e. The molecular weight excluding hydrogens is 573 g/mol. The first-order valence-corrected chi connectivity index (χ1v) is 15.0. The first-order chi connectivity index (χ1) is 20.5. The highest BCUT2D eigenvalue weighted by molar-refractivity contribution is 7.47. The summed E-state index contributed by atoms with van der Waals surface area (Å²) in [6.45, 7) is 3.90. The van der Waals surface area contributed by atoms with Crippen molar-refractivity contribution in [2.45, 2.75) is 20.1 Å². The van der Waals surface area contributed by atoms with Gasteiger partial charge in [-0.1, -0.05) is 6.08 Å². The van der Waals surface area contributed by atoms with Crippen LogP contribution in [0.3, 0.4) is 0 Å². The van der Waals surface area contributed by atoms with Gasteiger partial charge in [-0.25, -0.2) is 14.5 Å². The summed E-state index contributed by atoms with van der Waals surface area (Å²) in [7, 11) is 2.64. The summed E-state index contributed by atoms with van der Waals surface area (Å²) in [4.78, 5) is 33.5. The molecule has 228 valence electrons. The van der Waals surface area contributed by atoms with Gasteiger partial charge in [0.15, 0.2) is 0 Å². The van der Waals surface area contributed by atoms with Gasteiger partial charge in [0, 0.05) is 65.5 Å². The van der Waals surface area contributed by atoms with Crippen molar-refractivity contribution < 1.29 is 32.8 Å². The molecule has 4 rings (SSSR count). The molecule has 4 aromatic rings. The van der Waals surface area contributed by atoms with Gasteiger partial charge in [-0.2, -0.15) is 0 Å². The van der Waals surface area contributed by atoms with E-state index in [0.29, 0.717) is 29.5 Å². The van der Waals surface area contributed by atoms with Gasteiger partial charge < -0.3 is 29.2 Å². The molecule has 0 fully saturated rings. The molecule has 12 nitrogen and oxygen atoms in total. The zero-order valence-corrected chi connectivity index (χ0v) is 25.9. The number of phosphoric acid groups is 1. The average Bonchev–Trinajstić information content (AvgIpc) is 3.35. The number of phosphoric ester groups is 1. The molecule has 0 aliphatic carbocycles. The van der Waals surface area contributed by atoms with Crippen LogP contribution < -0.4 is 14.8 Å². The highest BCUT2D eigenvalue weighted by Gasteiger charge is 2.26. The van der Waals surface area contributed by atoms with Crippen LogP contribution in [0, 0.1) is 0 Å². The number of nitrogens with one attached hydrogen (secondary N) is 1. The molecule has 2 atom stereocenters. The molecule has 0 spiro atoms. The monoisotopic (exact) mass is 609 g/mol. The first kappa shape index (κ1) is 31.9. The van der Waals surface area contributed by atoms with Crippen molar-refractivity contribution in [2.75, 3.05) is 46.8 Å². The van der Waals surface area contributed by atoms with Crippen molar-refractivity contribution in [2.24, 2.45) is 0 Å². The van der Waals surface area contributed by atoms with E-state index < -0.39 is 14.1 Å². The first-order valence-electron chi connectivity index (χ1n) is 13.5. The molecule has 1 amide bonds. The second-order valence-electron chi connectivity index (χ2n) is 9.83. The number of carbonyl (C=O) groups is 1. The lowest BCUT2D eigenvalue weighted by atomic mass is 10.0. The highest BCUT2D eigenvalue weighted by Crippen LogP contribution is 2.47. The minimum atomic E-state index is -4.30. The number of fused-ring (bicyclic) bond motifs is 1. The minimum Gasteiger partial charge on any atom is -0.497 e. The van der Waals surface area contributed by atoms with Gasteiger partial charge in [0.05, 0.1) is 20.8 Å². The van der Waals surface area contributed by atoms with Crippen LogP contribution in [-0.4, -0.2) is 71.7 Å². The fraction of sp³-hybridized carbons (Fsp3) is 0.300. The average molecular weight is 610 g/mol. The molecular formula is C30H36N5O7P. The van der Waals surface area contributed by atoms with Crippen LogP contribution in [0.15, 0.2) is 67.1 Å². The Morgan fingerprint density at radius 3 is 2.60 bits per heavy atom. The van der Waals surface area contributed by atoms with Crippen LogP contribution in [0.5, 0.6) is 11.6 Å². The van der Waals surface area contributed by atoms with Crippen molar-refractivity contribution in [3.63, 3.8) is 0 Å². The van der Waals surface area contributed by atoms with Crippen molar-refractivity contribution in [3.8, 4) is 33.9 Å². The molecule has 0 aliphatic heterocycles. The Balaban J connectivity index is 1.80. The van der Waals surface area contributed by atoms with Crippen LogP contribution >= 0.6 is 7.82 Å². The Morgan fingerprint density at radius 1 is 1.12 bits per heavy atom. The molecule has 3 aromatic heterocycles. The lowest BCUT2D eigenvalue weighted by molar-refractivity contribution is -0.111. The zero-order valence-electron chi connectivity index (χ0n) is 25.0. The molecule has 3 heterocycles. The second-order valence-corrected chi connectivity index (χ2v) is 11.2. The summed E-state index contributed by atoms with van der Waals surface area (Å²) in [5, 5.41) is 3.63. The highest BCUT2D eigenvalue weighted by atomic mass is 31.2.